The van der Waals surface area contributed by atoms with E-state index in [1.807, 2.05) is 0 Å². The van der Waals surface area contributed by atoms with E-state index in [2.05, 4.69) is 0 Å². The number of alkyl halides is 3. The first-order chi connectivity index (χ1) is 9.81. The van der Waals surface area contributed by atoms with Crippen molar-refractivity contribution in [3.63, 3.8) is 0 Å². The molecule has 21 heavy (non-hydrogen) atoms. The molecule has 2 rings (SSSR count). The topological polar surface area (TPSA) is 33.0 Å². The summed E-state index contributed by atoms with van der Waals surface area (Å²) in [6.45, 7) is 0. The van der Waals surface area contributed by atoms with Crippen molar-refractivity contribution in [2.24, 2.45) is 0 Å². The number of nitriles is 1. The van der Waals surface area contributed by atoms with Gasteiger partial charge in [0.2, 0.25) is 0 Å². The first-order valence-electron chi connectivity index (χ1n) is 5.55. The Morgan fingerprint density at radius 1 is 1.10 bits per heavy atom. The fourth-order valence-corrected chi connectivity index (χ4v) is 1.82. The molecular weight excluding hydrogens is 310 g/mol. The molecule has 0 radical (unpaired) electrons. The number of hydrogen-bond acceptors (Lipinski definition) is 2. The highest BCUT2D eigenvalue weighted by Gasteiger charge is 2.33. The van der Waals surface area contributed by atoms with E-state index >= 15 is 0 Å². The zero-order valence-electron chi connectivity index (χ0n) is 10.2. The van der Waals surface area contributed by atoms with Crippen LogP contribution < -0.4 is 4.74 Å². The number of halogens is 5. The van der Waals surface area contributed by atoms with E-state index in [9.17, 15) is 17.6 Å². The van der Waals surface area contributed by atoms with Gasteiger partial charge in [-0.2, -0.15) is 18.4 Å². The predicted molar refractivity (Wildman–Crippen MR) is 67.6 cm³/mol. The molecular formula is C14H6ClF4NO. The number of nitrogens with zero attached hydrogens (tertiary/aromatic N) is 1. The van der Waals surface area contributed by atoms with Crippen molar-refractivity contribution in [2.45, 2.75) is 6.18 Å². The van der Waals surface area contributed by atoms with Gasteiger partial charge in [0.15, 0.2) is 0 Å². The molecule has 0 atom stereocenters. The molecule has 0 heterocycles. The lowest BCUT2D eigenvalue weighted by Crippen LogP contribution is -2.07. The third-order valence-corrected chi connectivity index (χ3v) is 2.83. The Bertz CT molecular complexity index is 722. The molecule has 7 heteroatoms. The Kier molecular flexibility index (Phi) is 4.05. The zero-order chi connectivity index (χ0) is 15.6. The highest BCUT2D eigenvalue weighted by Crippen LogP contribution is 2.35. The molecule has 2 aromatic rings. The van der Waals surface area contributed by atoms with Gasteiger partial charge in [-0.3, -0.25) is 0 Å². The second kappa shape index (κ2) is 5.62. The second-order valence-corrected chi connectivity index (χ2v) is 4.40. The minimum Gasteiger partial charge on any atom is -0.456 e. The van der Waals surface area contributed by atoms with Crippen molar-refractivity contribution in [3.05, 3.63) is 58.4 Å². The largest absolute Gasteiger partial charge is 0.456 e. The molecule has 0 aliphatic rings. The fourth-order valence-electron chi connectivity index (χ4n) is 1.61. The van der Waals surface area contributed by atoms with Crippen LogP contribution in [0.4, 0.5) is 17.6 Å². The Labute approximate surface area is 122 Å². The molecule has 0 spiro atoms. The first kappa shape index (κ1) is 15.1. The molecule has 0 aliphatic heterocycles. The van der Waals surface area contributed by atoms with Crippen LogP contribution in [0.25, 0.3) is 0 Å². The van der Waals surface area contributed by atoms with Crippen molar-refractivity contribution in [1.29, 1.82) is 5.26 Å². The Hall–Kier alpha value is -2.26. The van der Waals surface area contributed by atoms with Crippen molar-refractivity contribution >= 4 is 11.6 Å². The van der Waals surface area contributed by atoms with E-state index in [1.165, 1.54) is 12.1 Å². The van der Waals surface area contributed by atoms with Crippen molar-refractivity contribution in [3.8, 4) is 17.6 Å². The van der Waals surface area contributed by atoms with E-state index in [0.29, 0.717) is 0 Å². The molecule has 0 N–H and O–H groups in total. The maximum Gasteiger partial charge on any atom is 0.417 e. The summed E-state index contributed by atoms with van der Waals surface area (Å²) in [6.07, 6.45) is -4.63. The van der Waals surface area contributed by atoms with Crippen molar-refractivity contribution in [1.82, 2.24) is 0 Å². The molecule has 0 amide bonds. The number of rotatable bonds is 2. The summed E-state index contributed by atoms with van der Waals surface area (Å²) in [4.78, 5) is 0. The van der Waals surface area contributed by atoms with Gasteiger partial charge in [-0.05, 0) is 36.4 Å². The third kappa shape index (κ3) is 3.44. The smallest absolute Gasteiger partial charge is 0.417 e. The highest BCUT2D eigenvalue weighted by atomic mass is 35.5. The monoisotopic (exact) mass is 315 g/mol. The van der Waals surface area contributed by atoms with Gasteiger partial charge in [-0.1, -0.05) is 11.6 Å². The van der Waals surface area contributed by atoms with E-state index in [-0.39, 0.29) is 16.5 Å². The molecule has 0 unspecified atom stereocenters. The summed E-state index contributed by atoms with van der Waals surface area (Å²) in [5, 5.41) is 8.75. The van der Waals surface area contributed by atoms with Gasteiger partial charge in [0.25, 0.3) is 0 Å². The second-order valence-electron chi connectivity index (χ2n) is 3.99. The van der Waals surface area contributed by atoms with Crippen LogP contribution in [0.5, 0.6) is 11.5 Å². The van der Waals surface area contributed by atoms with Crippen molar-refractivity contribution in [2.75, 3.05) is 0 Å². The summed E-state index contributed by atoms with van der Waals surface area (Å²) in [5.74, 6) is -0.507. The summed E-state index contributed by atoms with van der Waals surface area (Å²) in [5.41, 5.74) is -1.62. The Balaban J connectivity index is 2.36. The first-order valence-corrected chi connectivity index (χ1v) is 5.93. The maximum absolute atomic E-state index is 12.9. The predicted octanol–water partition coefficient (Wildman–Crippen LogP) is 5.16. The minimum atomic E-state index is -4.63. The van der Waals surface area contributed by atoms with Gasteiger partial charge in [-0.15, -0.1) is 0 Å². The van der Waals surface area contributed by atoms with E-state index in [1.54, 1.807) is 0 Å². The molecule has 0 saturated carbocycles. The summed E-state index contributed by atoms with van der Waals surface area (Å²) >= 11 is 5.75. The molecule has 0 saturated heterocycles. The zero-order valence-corrected chi connectivity index (χ0v) is 11.0. The normalized spacial score (nSPS) is 11.0. The van der Waals surface area contributed by atoms with Gasteiger partial charge in [-0.25, -0.2) is 4.39 Å². The lowest BCUT2D eigenvalue weighted by Gasteiger charge is -2.11. The summed E-state index contributed by atoms with van der Waals surface area (Å²) < 4.78 is 56.1. The van der Waals surface area contributed by atoms with Crippen LogP contribution in [-0.2, 0) is 6.18 Å². The lowest BCUT2D eigenvalue weighted by molar-refractivity contribution is -0.137. The van der Waals surface area contributed by atoms with Crippen molar-refractivity contribution < 1.29 is 22.3 Å². The third-order valence-electron chi connectivity index (χ3n) is 2.54. The average molecular weight is 316 g/mol. The average Bonchev–Trinajstić information content (AvgIpc) is 2.40. The van der Waals surface area contributed by atoms with Crippen LogP contribution in [-0.4, -0.2) is 0 Å². The standard InChI is InChI=1S/C14H6ClF4NO/c15-12-6-9(16)1-4-13(12)21-10-2-3-11(14(17,18)19)8(5-10)7-20/h1-6H. The van der Waals surface area contributed by atoms with Crippen LogP contribution in [0.1, 0.15) is 11.1 Å². The Morgan fingerprint density at radius 2 is 1.81 bits per heavy atom. The number of ether oxygens (including phenoxy) is 1. The molecule has 2 aromatic carbocycles. The molecule has 0 aromatic heterocycles. The van der Waals surface area contributed by atoms with Crippen LogP contribution in [0, 0.1) is 17.1 Å². The molecule has 0 aliphatic carbocycles. The van der Waals surface area contributed by atoms with Gasteiger partial charge < -0.3 is 4.74 Å². The number of hydrogen-bond donors (Lipinski definition) is 0. The lowest BCUT2D eigenvalue weighted by atomic mass is 10.1. The van der Waals surface area contributed by atoms with Crippen LogP contribution in [0.15, 0.2) is 36.4 Å². The van der Waals surface area contributed by atoms with Gasteiger partial charge in [0.05, 0.1) is 22.2 Å². The molecule has 108 valence electrons. The van der Waals surface area contributed by atoms with Crippen LogP contribution in [0.2, 0.25) is 5.02 Å². The number of benzene rings is 2. The van der Waals surface area contributed by atoms with Crippen LogP contribution in [0.3, 0.4) is 0 Å². The summed E-state index contributed by atoms with van der Waals surface area (Å²) in [7, 11) is 0. The molecule has 2 nitrogen and oxygen atoms in total. The maximum atomic E-state index is 12.9. The van der Waals surface area contributed by atoms with E-state index in [0.717, 1.165) is 30.3 Å². The highest BCUT2D eigenvalue weighted by molar-refractivity contribution is 6.32. The van der Waals surface area contributed by atoms with Gasteiger partial charge >= 0.3 is 6.18 Å². The van der Waals surface area contributed by atoms with E-state index < -0.39 is 23.1 Å². The van der Waals surface area contributed by atoms with E-state index in [4.69, 9.17) is 21.6 Å². The van der Waals surface area contributed by atoms with Crippen LogP contribution >= 0.6 is 11.6 Å². The van der Waals surface area contributed by atoms with Gasteiger partial charge in [0, 0.05) is 0 Å². The molecule has 0 fully saturated rings. The minimum absolute atomic E-state index is 0.00643. The quantitative estimate of drug-likeness (QED) is 0.717. The SMILES string of the molecule is N#Cc1cc(Oc2ccc(F)cc2Cl)ccc1C(F)(F)F. The Morgan fingerprint density at radius 3 is 2.38 bits per heavy atom. The fraction of sp³-hybridized carbons (Fsp3) is 0.0714. The molecule has 0 bridgehead atoms. The van der Waals surface area contributed by atoms with Gasteiger partial charge in [0.1, 0.15) is 17.3 Å². The summed E-state index contributed by atoms with van der Waals surface area (Å²) in [6, 6.07) is 7.54.